The number of anilines is 1. The van der Waals surface area contributed by atoms with Crippen LogP contribution in [0.2, 0.25) is 0 Å². The number of fused-ring (bicyclic) bond motifs is 1. The summed E-state index contributed by atoms with van der Waals surface area (Å²) in [5, 5.41) is 11.9. The van der Waals surface area contributed by atoms with E-state index in [0.717, 1.165) is 0 Å². The molecule has 2 fully saturated rings. The molecule has 0 spiro atoms. The molecule has 3 amide bonds. The van der Waals surface area contributed by atoms with Crippen molar-refractivity contribution in [3.63, 3.8) is 0 Å². The predicted molar refractivity (Wildman–Crippen MR) is 127 cm³/mol. The molecule has 2 aliphatic rings. The molecule has 2 aromatic heterocycles. The topological polar surface area (TPSA) is 143 Å². The van der Waals surface area contributed by atoms with Crippen molar-refractivity contribution < 1.29 is 18.0 Å². The molecule has 0 atom stereocenters. The van der Waals surface area contributed by atoms with Crippen LogP contribution in [0, 0.1) is 23.7 Å². The van der Waals surface area contributed by atoms with E-state index in [4.69, 9.17) is 6.42 Å². The molecule has 1 aliphatic heterocycles. The van der Waals surface area contributed by atoms with E-state index < -0.39 is 21.5 Å². The van der Waals surface area contributed by atoms with Crippen molar-refractivity contribution in [3.05, 3.63) is 24.2 Å². The molecular formula is C22H26N8O4S. The van der Waals surface area contributed by atoms with Gasteiger partial charge in [0.25, 0.3) is 5.91 Å². The lowest BCUT2D eigenvalue weighted by Gasteiger charge is -2.37. The van der Waals surface area contributed by atoms with Crippen molar-refractivity contribution >= 4 is 33.3 Å². The fourth-order valence-electron chi connectivity index (χ4n) is 3.91. The number of amides is 3. The van der Waals surface area contributed by atoms with Crippen LogP contribution < -0.4 is 14.9 Å². The molecule has 3 heterocycles. The Hall–Kier alpha value is -3.81. The Kier molecular flexibility index (Phi) is 6.32. The molecule has 184 valence electrons. The van der Waals surface area contributed by atoms with Gasteiger partial charge >= 0.3 is 6.03 Å². The molecule has 2 N–H and O–H groups in total. The smallest absolute Gasteiger partial charge is 0.319 e. The van der Waals surface area contributed by atoms with Crippen molar-refractivity contribution in [3.8, 4) is 18.4 Å². The largest absolute Gasteiger partial charge is 0.365 e. The number of terminal acetylenes is 1. The van der Waals surface area contributed by atoms with E-state index in [1.54, 1.807) is 19.0 Å². The average molecular weight is 499 g/mol. The molecule has 1 aliphatic carbocycles. The Morgan fingerprint density at radius 3 is 2.51 bits per heavy atom. The number of aromatic nitrogens is 2. The van der Waals surface area contributed by atoms with Gasteiger partial charge < -0.3 is 20.0 Å². The van der Waals surface area contributed by atoms with Gasteiger partial charge in [0.05, 0.1) is 24.5 Å². The van der Waals surface area contributed by atoms with Crippen LogP contribution in [-0.2, 0) is 10.0 Å². The highest BCUT2D eigenvalue weighted by Crippen LogP contribution is 2.36. The summed E-state index contributed by atoms with van der Waals surface area (Å²) < 4.78 is 30.3. The van der Waals surface area contributed by atoms with Crippen molar-refractivity contribution in [2.45, 2.75) is 23.3 Å². The lowest BCUT2D eigenvalue weighted by molar-refractivity contribution is 0.0952. The summed E-state index contributed by atoms with van der Waals surface area (Å²) in [7, 11) is -0.705. The maximum atomic E-state index is 13.2. The summed E-state index contributed by atoms with van der Waals surface area (Å²) in [5.74, 6) is 1.83. The number of urea groups is 1. The van der Waals surface area contributed by atoms with E-state index in [1.807, 2.05) is 11.0 Å². The van der Waals surface area contributed by atoms with Crippen LogP contribution in [0.5, 0.6) is 0 Å². The van der Waals surface area contributed by atoms with Gasteiger partial charge in [-0.25, -0.2) is 18.2 Å². The maximum Gasteiger partial charge on any atom is 0.319 e. The van der Waals surface area contributed by atoms with Gasteiger partial charge in [-0.05, 0) is 18.9 Å². The van der Waals surface area contributed by atoms with Crippen LogP contribution in [0.15, 0.2) is 23.4 Å². The van der Waals surface area contributed by atoms with E-state index in [-0.39, 0.29) is 23.2 Å². The molecule has 1 saturated carbocycles. The molecular weight excluding hydrogens is 472 g/mol. The van der Waals surface area contributed by atoms with Crippen LogP contribution in [-0.4, -0.2) is 91.9 Å². The van der Waals surface area contributed by atoms with Crippen LogP contribution in [0.1, 0.15) is 23.3 Å². The summed E-state index contributed by atoms with van der Waals surface area (Å²) >= 11 is 0. The minimum Gasteiger partial charge on any atom is -0.365 e. The first kappa shape index (κ1) is 24.3. The summed E-state index contributed by atoms with van der Waals surface area (Å²) in [6, 6.07) is 3.41. The minimum absolute atomic E-state index is 0.00498. The second-order valence-electron chi connectivity index (χ2n) is 8.74. The number of piperazine rings is 1. The number of sulfonamides is 1. The molecule has 0 unspecified atom stereocenters. The second-order valence-corrected chi connectivity index (χ2v) is 10.4. The third-order valence-electron chi connectivity index (χ3n) is 6.02. The average Bonchev–Trinajstić information content (AvgIpc) is 3.47. The van der Waals surface area contributed by atoms with Crippen LogP contribution in [0.25, 0.3) is 5.65 Å². The number of hydrogen-bond donors (Lipinski definition) is 2. The third kappa shape index (κ3) is 4.73. The number of nitriles is 1. The van der Waals surface area contributed by atoms with E-state index >= 15 is 0 Å². The molecule has 2 aromatic rings. The summed E-state index contributed by atoms with van der Waals surface area (Å²) in [6.07, 6.45) is 8.78. The summed E-state index contributed by atoms with van der Waals surface area (Å²) in [5.41, 5.74) is -0.0868. The molecule has 35 heavy (non-hydrogen) atoms. The molecule has 12 nitrogen and oxygen atoms in total. The number of hydrogen-bond acceptors (Lipinski definition) is 7. The molecule has 0 bridgehead atoms. The van der Waals surface area contributed by atoms with Crippen molar-refractivity contribution in [1.82, 2.24) is 29.2 Å². The number of nitrogens with one attached hydrogen (secondary N) is 2. The van der Waals surface area contributed by atoms with E-state index in [2.05, 4.69) is 20.9 Å². The van der Waals surface area contributed by atoms with Crippen molar-refractivity contribution in [1.29, 1.82) is 5.26 Å². The highest BCUT2D eigenvalue weighted by molar-refractivity contribution is 7.89. The zero-order valence-electron chi connectivity index (χ0n) is 19.5. The third-order valence-corrected chi connectivity index (χ3v) is 7.53. The highest BCUT2D eigenvalue weighted by Gasteiger charge is 2.47. The Morgan fingerprint density at radius 2 is 1.94 bits per heavy atom. The van der Waals surface area contributed by atoms with Gasteiger partial charge in [0.2, 0.25) is 10.0 Å². The minimum atomic E-state index is -4.08. The first-order valence-electron chi connectivity index (χ1n) is 11.0. The Labute approximate surface area is 203 Å². The van der Waals surface area contributed by atoms with E-state index in [0.29, 0.717) is 50.4 Å². The SMILES string of the molecule is C#CCNC(=O)c1cnc2c(N3CCN(C(=O)N(C)C)CC3)cc(S(=O)(=O)NC3(C#N)CC3)cn12. The van der Waals surface area contributed by atoms with Crippen molar-refractivity contribution in [2.24, 2.45) is 0 Å². The number of nitrogens with zero attached hydrogens (tertiary/aromatic N) is 6. The van der Waals surface area contributed by atoms with Gasteiger partial charge in [0.15, 0.2) is 5.65 Å². The van der Waals surface area contributed by atoms with Crippen LogP contribution in [0.3, 0.4) is 0 Å². The Balaban J connectivity index is 1.74. The zero-order chi connectivity index (χ0) is 25.4. The monoisotopic (exact) mass is 498 g/mol. The normalized spacial score (nSPS) is 16.9. The number of carbonyl (C=O) groups excluding carboxylic acids is 2. The first-order chi connectivity index (χ1) is 16.6. The molecule has 13 heteroatoms. The number of rotatable bonds is 6. The molecule has 0 aromatic carbocycles. The standard InChI is InChI=1S/C22H26N8O4S/c1-4-7-24-20(31)18-13-25-19-17(28-8-10-29(11-9-28)21(32)27(2)3)12-16(14-30(18)19)35(33,34)26-22(15-23)5-6-22/h1,12-14,26H,5-11H2,2-3H3,(H,24,31). The van der Waals surface area contributed by atoms with Gasteiger partial charge in [-0.15, -0.1) is 6.42 Å². The summed E-state index contributed by atoms with van der Waals surface area (Å²) in [4.78, 5) is 34.4. The van der Waals surface area contributed by atoms with Crippen LogP contribution >= 0.6 is 0 Å². The Bertz CT molecular complexity index is 1360. The van der Waals surface area contributed by atoms with Crippen LogP contribution in [0.4, 0.5) is 10.5 Å². The first-order valence-corrected chi connectivity index (χ1v) is 12.5. The molecule has 1 saturated heterocycles. The van der Waals surface area contributed by atoms with Gasteiger partial charge in [-0.2, -0.15) is 9.98 Å². The van der Waals surface area contributed by atoms with Crippen molar-refractivity contribution in [2.75, 3.05) is 51.7 Å². The maximum absolute atomic E-state index is 13.2. The quantitative estimate of drug-likeness (QED) is 0.527. The van der Waals surface area contributed by atoms with Gasteiger partial charge in [-0.1, -0.05) is 5.92 Å². The lowest BCUT2D eigenvalue weighted by Crippen LogP contribution is -2.51. The van der Waals surface area contributed by atoms with Gasteiger partial charge in [-0.3, -0.25) is 9.20 Å². The lowest BCUT2D eigenvalue weighted by atomic mass is 10.2. The van der Waals surface area contributed by atoms with E-state index in [1.165, 1.54) is 27.8 Å². The predicted octanol–water partition coefficient (Wildman–Crippen LogP) is -0.165. The number of pyridine rings is 1. The molecule has 0 radical (unpaired) electrons. The molecule has 4 rings (SSSR count). The fraction of sp³-hybridized carbons (Fsp3) is 0.455. The summed E-state index contributed by atoms with van der Waals surface area (Å²) in [6.45, 7) is 1.77. The second kappa shape index (κ2) is 9.09. The zero-order valence-corrected chi connectivity index (χ0v) is 20.3. The highest BCUT2D eigenvalue weighted by atomic mass is 32.2. The number of imidazole rings is 1. The fourth-order valence-corrected chi connectivity index (χ4v) is 5.31. The van der Waals surface area contributed by atoms with E-state index in [9.17, 15) is 23.3 Å². The van der Waals surface area contributed by atoms with Gasteiger partial charge in [0, 0.05) is 46.5 Å². The number of carbonyl (C=O) groups is 2. The van der Waals surface area contributed by atoms with Gasteiger partial charge in [0.1, 0.15) is 16.1 Å². The Morgan fingerprint density at radius 1 is 1.26 bits per heavy atom.